The van der Waals surface area contributed by atoms with Crippen molar-refractivity contribution in [3.8, 4) is 11.1 Å². The van der Waals surface area contributed by atoms with Crippen LogP contribution in [-0.4, -0.2) is 47.5 Å². The van der Waals surface area contributed by atoms with Crippen molar-refractivity contribution >= 4 is 17.8 Å². The number of carbonyl (C=O) groups excluding carboxylic acids is 2. The lowest BCUT2D eigenvalue weighted by molar-refractivity contribution is -0.150. The number of likely N-dealkylation sites (tertiary alicyclic amines) is 1. The molecule has 0 saturated carbocycles. The molecule has 0 spiro atoms. The summed E-state index contributed by atoms with van der Waals surface area (Å²) in [5, 5.41) is 9.02. The zero-order valence-corrected chi connectivity index (χ0v) is 16.8. The van der Waals surface area contributed by atoms with Crippen LogP contribution in [0.15, 0.2) is 48.5 Å². The largest absolute Gasteiger partial charge is 0.480 e. The lowest BCUT2D eigenvalue weighted by atomic mass is 9.97. The molecule has 1 aliphatic heterocycles. The molecule has 0 unspecified atom stereocenters. The van der Waals surface area contributed by atoms with Gasteiger partial charge < -0.3 is 14.7 Å². The summed E-state index contributed by atoms with van der Waals surface area (Å²) >= 11 is 0. The lowest BCUT2D eigenvalue weighted by Gasteiger charge is -2.22. The van der Waals surface area contributed by atoms with Crippen molar-refractivity contribution in [2.24, 2.45) is 5.92 Å². The molecule has 1 amide bonds. The van der Waals surface area contributed by atoms with Crippen molar-refractivity contribution in [3.05, 3.63) is 59.7 Å². The van der Waals surface area contributed by atoms with Crippen LogP contribution in [0.5, 0.6) is 0 Å². The fraction of sp³-hybridized carbons (Fsp3) is 0.375. The van der Waals surface area contributed by atoms with E-state index in [0.29, 0.717) is 13.0 Å². The Morgan fingerprint density at radius 1 is 1.00 bits per heavy atom. The van der Waals surface area contributed by atoms with E-state index in [1.807, 2.05) is 24.3 Å². The number of amides is 1. The molecule has 1 N–H and O–H groups in total. The third-order valence-corrected chi connectivity index (χ3v) is 6.00. The van der Waals surface area contributed by atoms with E-state index >= 15 is 0 Å². The summed E-state index contributed by atoms with van der Waals surface area (Å²) in [5.41, 5.74) is 4.61. The predicted molar refractivity (Wildman–Crippen MR) is 111 cm³/mol. The molecule has 30 heavy (non-hydrogen) atoms. The molecule has 1 saturated heterocycles. The summed E-state index contributed by atoms with van der Waals surface area (Å²) in [7, 11) is 0. The molecule has 6 heteroatoms. The van der Waals surface area contributed by atoms with Crippen LogP contribution >= 0.6 is 0 Å². The van der Waals surface area contributed by atoms with Gasteiger partial charge in [-0.3, -0.25) is 14.4 Å². The van der Waals surface area contributed by atoms with Gasteiger partial charge in [0.1, 0.15) is 13.2 Å². The topological polar surface area (TPSA) is 83.9 Å². The third-order valence-electron chi connectivity index (χ3n) is 6.00. The van der Waals surface area contributed by atoms with E-state index in [9.17, 15) is 14.4 Å². The van der Waals surface area contributed by atoms with Crippen LogP contribution in [0.1, 0.15) is 42.7 Å². The number of carbonyl (C=O) groups is 3. The maximum absolute atomic E-state index is 12.7. The average molecular weight is 407 g/mol. The van der Waals surface area contributed by atoms with Gasteiger partial charge in [0, 0.05) is 18.4 Å². The number of ether oxygens (including phenoxy) is 1. The van der Waals surface area contributed by atoms with Crippen molar-refractivity contribution < 1.29 is 24.2 Å². The maximum Gasteiger partial charge on any atom is 0.323 e. The Labute approximate surface area is 175 Å². The number of carboxylic acids is 1. The Bertz CT molecular complexity index is 924. The fourth-order valence-electron chi connectivity index (χ4n) is 4.57. The number of esters is 1. The predicted octanol–water partition coefficient (Wildman–Crippen LogP) is 3.45. The Hall–Kier alpha value is -3.15. The number of benzene rings is 2. The van der Waals surface area contributed by atoms with E-state index in [4.69, 9.17) is 9.84 Å². The monoisotopic (exact) mass is 407 g/mol. The van der Waals surface area contributed by atoms with E-state index < -0.39 is 17.9 Å². The van der Waals surface area contributed by atoms with Gasteiger partial charge in [-0.05, 0) is 35.1 Å². The number of fused-ring (bicyclic) bond motifs is 3. The summed E-state index contributed by atoms with van der Waals surface area (Å²) in [4.78, 5) is 37.6. The molecule has 1 fully saturated rings. The summed E-state index contributed by atoms with van der Waals surface area (Å²) in [5.74, 6) is -2.24. The molecule has 0 bridgehead atoms. The first-order valence-corrected chi connectivity index (χ1v) is 10.4. The molecule has 1 aliphatic carbocycles. The summed E-state index contributed by atoms with van der Waals surface area (Å²) < 4.78 is 5.62. The van der Waals surface area contributed by atoms with Crippen LogP contribution in [0, 0.1) is 5.92 Å². The summed E-state index contributed by atoms with van der Waals surface area (Å²) in [6, 6.07) is 16.3. The van der Waals surface area contributed by atoms with Gasteiger partial charge in [0.15, 0.2) is 0 Å². The zero-order valence-electron chi connectivity index (χ0n) is 16.8. The van der Waals surface area contributed by atoms with E-state index in [2.05, 4.69) is 24.3 Å². The second-order valence-electron chi connectivity index (χ2n) is 7.96. The van der Waals surface area contributed by atoms with Crippen LogP contribution in [-0.2, 0) is 19.1 Å². The smallest absolute Gasteiger partial charge is 0.323 e. The highest BCUT2D eigenvalue weighted by molar-refractivity contribution is 5.86. The standard InChI is InChI=1S/C24H25NO5/c26-22(27)14-25-12-6-5-7-16(24(25)29)13-23(28)30-15-21-19-10-3-1-8-17(19)18-9-2-4-11-20(18)21/h1-4,8-11,16,21H,5-7,12-15H2,(H,26,27)/t16-/m1/s1. The van der Waals surface area contributed by atoms with Gasteiger partial charge in [-0.15, -0.1) is 0 Å². The third kappa shape index (κ3) is 4.08. The molecule has 0 radical (unpaired) electrons. The Morgan fingerprint density at radius 3 is 2.27 bits per heavy atom. The lowest BCUT2D eigenvalue weighted by Crippen LogP contribution is -2.39. The molecule has 4 rings (SSSR count). The molecule has 2 aliphatic rings. The maximum atomic E-state index is 12.7. The SMILES string of the molecule is O=C(O)CN1CCCC[C@H](CC(=O)OCC2c3ccccc3-c3ccccc32)C1=O. The second-order valence-corrected chi connectivity index (χ2v) is 7.96. The first-order valence-electron chi connectivity index (χ1n) is 10.4. The minimum Gasteiger partial charge on any atom is -0.480 e. The number of aliphatic carboxylic acids is 1. The number of hydrogen-bond donors (Lipinski definition) is 1. The molecule has 156 valence electrons. The Kier molecular flexibility index (Phi) is 5.84. The van der Waals surface area contributed by atoms with E-state index in [0.717, 1.165) is 35.1 Å². The summed E-state index contributed by atoms with van der Waals surface area (Å²) in [6.45, 7) is 0.332. The van der Waals surface area contributed by atoms with Gasteiger partial charge in [0.2, 0.25) is 5.91 Å². The van der Waals surface area contributed by atoms with Crippen molar-refractivity contribution in [1.29, 1.82) is 0 Å². The average Bonchev–Trinajstić information content (AvgIpc) is 2.96. The molecular formula is C24H25NO5. The van der Waals surface area contributed by atoms with E-state index in [1.165, 1.54) is 4.90 Å². The van der Waals surface area contributed by atoms with Crippen LogP contribution in [0.25, 0.3) is 11.1 Å². The fourth-order valence-corrected chi connectivity index (χ4v) is 4.57. The normalized spacial score (nSPS) is 18.5. The number of carboxylic acid groups (broad SMARTS) is 1. The quantitative estimate of drug-likeness (QED) is 0.742. The van der Waals surface area contributed by atoms with E-state index in [-0.39, 0.29) is 31.4 Å². The minimum absolute atomic E-state index is 0.00896. The molecule has 2 aromatic carbocycles. The molecule has 1 heterocycles. The van der Waals surface area contributed by atoms with Gasteiger partial charge in [-0.1, -0.05) is 55.0 Å². The van der Waals surface area contributed by atoms with Crippen LogP contribution in [0.4, 0.5) is 0 Å². The number of nitrogens with zero attached hydrogens (tertiary/aromatic N) is 1. The highest BCUT2D eigenvalue weighted by Gasteiger charge is 2.32. The van der Waals surface area contributed by atoms with Crippen molar-refractivity contribution in [3.63, 3.8) is 0 Å². The molecule has 1 atom stereocenters. The van der Waals surface area contributed by atoms with Crippen LogP contribution < -0.4 is 0 Å². The highest BCUT2D eigenvalue weighted by atomic mass is 16.5. The van der Waals surface area contributed by atoms with E-state index in [1.54, 1.807) is 0 Å². The summed E-state index contributed by atoms with van der Waals surface area (Å²) in [6.07, 6.45) is 2.12. The molecule has 0 aromatic heterocycles. The highest BCUT2D eigenvalue weighted by Crippen LogP contribution is 2.44. The molecular weight excluding hydrogens is 382 g/mol. The van der Waals surface area contributed by atoms with Crippen LogP contribution in [0.3, 0.4) is 0 Å². The molecule has 6 nitrogen and oxygen atoms in total. The van der Waals surface area contributed by atoms with Crippen molar-refractivity contribution in [1.82, 2.24) is 4.90 Å². The van der Waals surface area contributed by atoms with Crippen molar-refractivity contribution in [2.75, 3.05) is 19.7 Å². The number of rotatable bonds is 6. The molecule has 2 aromatic rings. The van der Waals surface area contributed by atoms with Gasteiger partial charge in [-0.2, -0.15) is 0 Å². The zero-order chi connectivity index (χ0) is 21.1. The Morgan fingerprint density at radius 2 is 1.63 bits per heavy atom. The first-order chi connectivity index (χ1) is 14.5. The Balaban J connectivity index is 1.41. The van der Waals surface area contributed by atoms with Gasteiger partial charge in [0.05, 0.1) is 6.42 Å². The van der Waals surface area contributed by atoms with Crippen LogP contribution in [0.2, 0.25) is 0 Å². The minimum atomic E-state index is -1.04. The van der Waals surface area contributed by atoms with Crippen molar-refractivity contribution in [2.45, 2.75) is 31.6 Å². The first kappa shape index (κ1) is 20.1. The number of hydrogen-bond acceptors (Lipinski definition) is 4. The van der Waals surface area contributed by atoms with Gasteiger partial charge in [0.25, 0.3) is 0 Å². The second kappa shape index (κ2) is 8.69. The van der Waals surface area contributed by atoms with Gasteiger partial charge >= 0.3 is 11.9 Å². The van der Waals surface area contributed by atoms with Gasteiger partial charge in [-0.25, -0.2) is 0 Å².